The predicted molar refractivity (Wildman–Crippen MR) is 76.4 cm³/mol. The molecule has 18 heavy (non-hydrogen) atoms. The van der Waals surface area contributed by atoms with E-state index in [0.717, 1.165) is 21.5 Å². The zero-order valence-electron chi connectivity index (χ0n) is 9.91. The lowest BCUT2D eigenvalue weighted by Gasteiger charge is -2.11. The first-order chi connectivity index (χ1) is 8.58. The van der Waals surface area contributed by atoms with Gasteiger partial charge < -0.3 is 10.5 Å². The summed E-state index contributed by atoms with van der Waals surface area (Å²) >= 11 is 3.44. The Kier molecular flexibility index (Phi) is 3.67. The minimum atomic E-state index is 0.0607. The quantitative estimate of drug-likeness (QED) is 0.668. The summed E-state index contributed by atoms with van der Waals surface area (Å²) in [5.41, 5.74) is 7.09. The van der Waals surface area contributed by atoms with Crippen LogP contribution in [0, 0.1) is 12.3 Å². The van der Waals surface area contributed by atoms with Crippen molar-refractivity contribution in [2.45, 2.75) is 6.92 Å². The molecule has 0 spiro atoms. The Bertz CT molecular complexity index is 596. The minimum absolute atomic E-state index is 0.0607. The molecule has 0 atom stereocenters. The number of halogens is 1. The van der Waals surface area contributed by atoms with E-state index in [1.165, 1.54) is 0 Å². The molecule has 0 aliphatic carbocycles. The van der Waals surface area contributed by atoms with Crippen molar-refractivity contribution in [2.75, 3.05) is 0 Å². The van der Waals surface area contributed by atoms with Crippen LogP contribution in [0.25, 0.3) is 0 Å². The highest BCUT2D eigenvalue weighted by Crippen LogP contribution is 2.31. The first kappa shape index (κ1) is 12.6. The van der Waals surface area contributed by atoms with Crippen molar-refractivity contribution >= 4 is 21.8 Å². The smallest absolute Gasteiger partial charge is 0.141 e. The van der Waals surface area contributed by atoms with Gasteiger partial charge in [0.2, 0.25) is 0 Å². The van der Waals surface area contributed by atoms with Gasteiger partial charge in [0.1, 0.15) is 17.3 Å². The summed E-state index contributed by atoms with van der Waals surface area (Å²) in [5.74, 6) is 1.58. The number of nitrogens with two attached hydrogens (primary N) is 1. The van der Waals surface area contributed by atoms with Gasteiger partial charge in [0.05, 0.1) is 4.47 Å². The van der Waals surface area contributed by atoms with Crippen LogP contribution in [0.5, 0.6) is 11.5 Å². The van der Waals surface area contributed by atoms with Gasteiger partial charge >= 0.3 is 0 Å². The summed E-state index contributed by atoms with van der Waals surface area (Å²) < 4.78 is 6.72. The Morgan fingerprint density at radius 2 is 1.89 bits per heavy atom. The van der Waals surface area contributed by atoms with Crippen molar-refractivity contribution in [3.8, 4) is 11.5 Å². The van der Waals surface area contributed by atoms with Gasteiger partial charge in [0, 0.05) is 5.56 Å². The van der Waals surface area contributed by atoms with Crippen LogP contribution in [0.4, 0.5) is 0 Å². The monoisotopic (exact) mass is 304 g/mol. The normalized spacial score (nSPS) is 10.1. The molecule has 0 unspecified atom stereocenters. The van der Waals surface area contributed by atoms with Crippen LogP contribution in [0.15, 0.2) is 46.9 Å². The van der Waals surface area contributed by atoms with Gasteiger partial charge in [-0.2, -0.15) is 0 Å². The molecule has 2 rings (SSSR count). The fourth-order valence-electron chi connectivity index (χ4n) is 1.58. The highest BCUT2D eigenvalue weighted by Gasteiger charge is 2.06. The lowest BCUT2D eigenvalue weighted by Crippen LogP contribution is -2.11. The van der Waals surface area contributed by atoms with E-state index in [2.05, 4.69) is 15.9 Å². The maximum atomic E-state index is 7.39. The van der Waals surface area contributed by atoms with Gasteiger partial charge in [-0.25, -0.2) is 0 Å². The summed E-state index contributed by atoms with van der Waals surface area (Å²) in [6.07, 6.45) is 0. The molecule has 0 bridgehead atoms. The maximum absolute atomic E-state index is 7.39. The number of amidine groups is 1. The number of aryl methyl sites for hydroxylation is 1. The average molecular weight is 305 g/mol. The van der Waals surface area contributed by atoms with E-state index in [9.17, 15) is 0 Å². The van der Waals surface area contributed by atoms with Crippen LogP contribution in [-0.4, -0.2) is 5.84 Å². The Morgan fingerprint density at radius 1 is 1.17 bits per heavy atom. The number of nitrogen functional groups attached to an aromatic ring is 1. The van der Waals surface area contributed by atoms with Gasteiger partial charge in [0.15, 0.2) is 0 Å². The molecular formula is C14H13BrN2O. The van der Waals surface area contributed by atoms with E-state index in [4.69, 9.17) is 15.9 Å². The minimum Gasteiger partial charge on any atom is -0.456 e. The Labute approximate surface area is 114 Å². The van der Waals surface area contributed by atoms with E-state index in [0.29, 0.717) is 5.56 Å². The first-order valence-corrected chi connectivity index (χ1v) is 6.24. The van der Waals surface area contributed by atoms with Crippen molar-refractivity contribution < 1.29 is 4.74 Å². The van der Waals surface area contributed by atoms with Crippen molar-refractivity contribution in [1.82, 2.24) is 0 Å². The number of benzene rings is 2. The molecule has 0 heterocycles. The molecule has 3 N–H and O–H groups in total. The summed E-state index contributed by atoms with van der Waals surface area (Å²) in [7, 11) is 0. The zero-order valence-corrected chi connectivity index (χ0v) is 11.5. The fraction of sp³-hybridized carbons (Fsp3) is 0.0714. The van der Waals surface area contributed by atoms with E-state index in [1.807, 2.05) is 43.3 Å². The standard InChI is InChI=1S/C14H13BrN2O/c1-9-8-10(14(16)17)6-7-12(9)18-13-5-3-2-4-11(13)15/h2-8H,1H3,(H3,16,17). The lowest BCUT2D eigenvalue weighted by atomic mass is 10.1. The van der Waals surface area contributed by atoms with Gasteiger partial charge in [-0.3, -0.25) is 5.41 Å². The number of hydrogen-bond donors (Lipinski definition) is 2. The van der Waals surface area contributed by atoms with Crippen LogP contribution in [0.3, 0.4) is 0 Å². The molecule has 92 valence electrons. The molecule has 0 saturated carbocycles. The van der Waals surface area contributed by atoms with Crippen LogP contribution in [0.1, 0.15) is 11.1 Å². The molecule has 2 aromatic carbocycles. The molecule has 0 aliphatic heterocycles. The topological polar surface area (TPSA) is 59.1 Å². The Morgan fingerprint density at radius 3 is 2.50 bits per heavy atom. The van der Waals surface area contributed by atoms with Gasteiger partial charge in [-0.1, -0.05) is 12.1 Å². The van der Waals surface area contributed by atoms with E-state index in [1.54, 1.807) is 6.07 Å². The molecule has 0 amide bonds. The number of para-hydroxylation sites is 1. The van der Waals surface area contributed by atoms with Crippen molar-refractivity contribution in [3.05, 3.63) is 58.1 Å². The second-order valence-electron chi connectivity index (χ2n) is 3.93. The largest absolute Gasteiger partial charge is 0.456 e. The van der Waals surface area contributed by atoms with Crippen LogP contribution in [0.2, 0.25) is 0 Å². The molecule has 0 saturated heterocycles. The summed E-state index contributed by atoms with van der Waals surface area (Å²) in [6, 6.07) is 13.1. The van der Waals surface area contributed by atoms with Gasteiger partial charge in [-0.15, -0.1) is 0 Å². The zero-order chi connectivity index (χ0) is 13.1. The number of nitrogens with one attached hydrogen (secondary N) is 1. The molecule has 0 aliphatic rings. The van der Waals surface area contributed by atoms with Crippen LogP contribution >= 0.6 is 15.9 Å². The van der Waals surface area contributed by atoms with E-state index < -0.39 is 0 Å². The lowest BCUT2D eigenvalue weighted by molar-refractivity contribution is 0.476. The van der Waals surface area contributed by atoms with Gasteiger partial charge in [0.25, 0.3) is 0 Å². The van der Waals surface area contributed by atoms with Crippen molar-refractivity contribution in [2.24, 2.45) is 5.73 Å². The predicted octanol–water partition coefficient (Wildman–Crippen LogP) is 3.83. The molecule has 0 radical (unpaired) electrons. The Hall–Kier alpha value is -1.81. The SMILES string of the molecule is Cc1cc(C(=N)N)ccc1Oc1ccccc1Br. The highest BCUT2D eigenvalue weighted by atomic mass is 79.9. The molecular weight excluding hydrogens is 292 g/mol. The summed E-state index contributed by atoms with van der Waals surface area (Å²) in [6.45, 7) is 1.93. The third-order valence-electron chi connectivity index (χ3n) is 2.54. The second kappa shape index (κ2) is 5.23. The van der Waals surface area contributed by atoms with Crippen LogP contribution < -0.4 is 10.5 Å². The number of ether oxygens (including phenoxy) is 1. The Balaban J connectivity index is 2.30. The van der Waals surface area contributed by atoms with Crippen molar-refractivity contribution in [3.63, 3.8) is 0 Å². The third kappa shape index (κ3) is 2.71. The molecule has 3 nitrogen and oxygen atoms in total. The van der Waals surface area contributed by atoms with E-state index >= 15 is 0 Å². The second-order valence-corrected chi connectivity index (χ2v) is 4.78. The van der Waals surface area contributed by atoms with E-state index in [-0.39, 0.29) is 5.84 Å². The molecule has 2 aromatic rings. The first-order valence-electron chi connectivity index (χ1n) is 5.45. The molecule has 4 heteroatoms. The number of hydrogen-bond acceptors (Lipinski definition) is 2. The average Bonchev–Trinajstić information content (AvgIpc) is 2.34. The van der Waals surface area contributed by atoms with Gasteiger partial charge in [-0.05, 0) is 58.7 Å². The highest BCUT2D eigenvalue weighted by molar-refractivity contribution is 9.10. The molecule has 0 fully saturated rings. The van der Waals surface area contributed by atoms with Crippen molar-refractivity contribution in [1.29, 1.82) is 5.41 Å². The summed E-state index contributed by atoms with van der Waals surface area (Å²) in [5, 5.41) is 7.39. The maximum Gasteiger partial charge on any atom is 0.141 e. The molecule has 0 aromatic heterocycles. The third-order valence-corrected chi connectivity index (χ3v) is 3.20. The summed E-state index contributed by atoms with van der Waals surface area (Å²) in [4.78, 5) is 0. The van der Waals surface area contributed by atoms with Crippen LogP contribution in [-0.2, 0) is 0 Å². The number of rotatable bonds is 3. The fourth-order valence-corrected chi connectivity index (χ4v) is 1.94.